The molecule has 1 heterocycles. The van der Waals surface area contributed by atoms with Crippen LogP contribution >= 0.6 is 0 Å². The van der Waals surface area contributed by atoms with Crippen LogP contribution in [0.15, 0.2) is 0 Å². The van der Waals surface area contributed by atoms with Crippen LogP contribution in [-0.4, -0.2) is 51.3 Å². The summed E-state index contributed by atoms with van der Waals surface area (Å²) in [6, 6.07) is 0.631. The van der Waals surface area contributed by atoms with Crippen LogP contribution in [0.3, 0.4) is 0 Å². The lowest BCUT2D eigenvalue weighted by atomic mass is 9.92. The van der Waals surface area contributed by atoms with E-state index in [1.165, 1.54) is 6.42 Å². The highest BCUT2D eigenvalue weighted by molar-refractivity contribution is 4.80. The van der Waals surface area contributed by atoms with Crippen LogP contribution in [0.25, 0.3) is 0 Å². The second-order valence-corrected chi connectivity index (χ2v) is 5.13. The lowest BCUT2D eigenvalue weighted by Crippen LogP contribution is -2.42. The van der Waals surface area contributed by atoms with Gasteiger partial charge < -0.3 is 15.0 Å². The Balaban J connectivity index is 2.34. The molecule has 1 fully saturated rings. The molecule has 3 heteroatoms. The molecule has 0 spiro atoms. The first-order valence-electron chi connectivity index (χ1n) is 5.48. The van der Waals surface area contributed by atoms with Crippen molar-refractivity contribution in [3.05, 3.63) is 0 Å². The molecule has 1 atom stereocenters. The third kappa shape index (κ3) is 3.56. The van der Waals surface area contributed by atoms with Gasteiger partial charge in [0, 0.05) is 25.7 Å². The van der Waals surface area contributed by atoms with Crippen molar-refractivity contribution in [3.8, 4) is 0 Å². The number of likely N-dealkylation sites (N-methyl/N-ethyl adjacent to an activating group) is 1. The maximum absolute atomic E-state index is 5.40. The topological polar surface area (TPSA) is 24.5 Å². The SMILES string of the molecule is CNCC(C)(C)CN(C)C1CCOC1. The molecule has 0 saturated carbocycles. The van der Waals surface area contributed by atoms with Crippen LogP contribution in [0.1, 0.15) is 20.3 Å². The molecular weight excluding hydrogens is 176 g/mol. The van der Waals surface area contributed by atoms with Gasteiger partial charge in [0.2, 0.25) is 0 Å². The molecule has 1 rings (SSSR count). The zero-order chi connectivity index (χ0) is 10.6. The number of nitrogens with zero attached hydrogens (tertiary/aromatic N) is 1. The highest BCUT2D eigenvalue weighted by Gasteiger charge is 2.25. The minimum Gasteiger partial charge on any atom is -0.380 e. The summed E-state index contributed by atoms with van der Waals surface area (Å²) in [6.45, 7) is 8.63. The van der Waals surface area contributed by atoms with Crippen LogP contribution in [0.5, 0.6) is 0 Å². The Morgan fingerprint density at radius 3 is 2.71 bits per heavy atom. The van der Waals surface area contributed by atoms with Crippen LogP contribution in [-0.2, 0) is 4.74 Å². The number of hydrogen-bond donors (Lipinski definition) is 1. The number of ether oxygens (including phenoxy) is 1. The smallest absolute Gasteiger partial charge is 0.0622 e. The molecule has 1 saturated heterocycles. The molecule has 0 amide bonds. The third-order valence-corrected chi connectivity index (χ3v) is 2.86. The molecule has 3 nitrogen and oxygen atoms in total. The molecule has 0 radical (unpaired) electrons. The standard InChI is InChI=1S/C11H24N2O/c1-11(2,8-12-3)9-13(4)10-5-6-14-7-10/h10,12H,5-9H2,1-4H3. The molecule has 1 aliphatic heterocycles. The lowest BCUT2D eigenvalue weighted by molar-refractivity contribution is 0.129. The van der Waals surface area contributed by atoms with Gasteiger partial charge in [-0.25, -0.2) is 0 Å². The molecule has 0 aromatic rings. The predicted octanol–water partition coefficient (Wildman–Crippen LogP) is 0.953. The van der Waals surface area contributed by atoms with Crippen molar-refractivity contribution in [1.29, 1.82) is 0 Å². The van der Waals surface area contributed by atoms with Crippen LogP contribution in [0, 0.1) is 5.41 Å². The van der Waals surface area contributed by atoms with Gasteiger partial charge in [-0.05, 0) is 25.9 Å². The van der Waals surface area contributed by atoms with E-state index in [9.17, 15) is 0 Å². The zero-order valence-corrected chi connectivity index (χ0v) is 9.97. The third-order valence-electron chi connectivity index (χ3n) is 2.86. The van der Waals surface area contributed by atoms with Crippen molar-refractivity contribution < 1.29 is 4.74 Å². The van der Waals surface area contributed by atoms with Gasteiger partial charge in [0.25, 0.3) is 0 Å². The first-order chi connectivity index (χ1) is 6.55. The first-order valence-corrected chi connectivity index (χ1v) is 5.48. The first kappa shape index (κ1) is 12.0. The van der Waals surface area contributed by atoms with E-state index in [0.29, 0.717) is 11.5 Å². The number of hydrogen-bond acceptors (Lipinski definition) is 3. The van der Waals surface area contributed by atoms with Crippen LogP contribution in [0.2, 0.25) is 0 Å². The minimum atomic E-state index is 0.339. The molecule has 84 valence electrons. The van der Waals surface area contributed by atoms with Crippen molar-refractivity contribution in [2.24, 2.45) is 5.41 Å². The van der Waals surface area contributed by atoms with E-state index in [1.54, 1.807) is 0 Å². The summed E-state index contributed by atoms with van der Waals surface area (Å²) in [5.74, 6) is 0. The van der Waals surface area contributed by atoms with Crippen molar-refractivity contribution in [2.45, 2.75) is 26.3 Å². The molecule has 1 N–H and O–H groups in total. The van der Waals surface area contributed by atoms with Gasteiger partial charge in [-0.1, -0.05) is 13.8 Å². The summed E-state index contributed by atoms with van der Waals surface area (Å²) in [4.78, 5) is 2.43. The summed E-state index contributed by atoms with van der Waals surface area (Å²) in [5.41, 5.74) is 0.339. The molecule has 0 aromatic heterocycles. The van der Waals surface area contributed by atoms with E-state index in [2.05, 4.69) is 31.1 Å². The maximum Gasteiger partial charge on any atom is 0.0622 e. The summed E-state index contributed by atoms with van der Waals surface area (Å²) >= 11 is 0. The normalized spacial score (nSPS) is 23.4. The molecule has 0 bridgehead atoms. The van der Waals surface area contributed by atoms with Crippen molar-refractivity contribution in [2.75, 3.05) is 40.4 Å². The van der Waals surface area contributed by atoms with Crippen LogP contribution < -0.4 is 5.32 Å². The van der Waals surface area contributed by atoms with Crippen LogP contribution in [0.4, 0.5) is 0 Å². The molecule has 1 aliphatic rings. The van der Waals surface area contributed by atoms with Crippen molar-refractivity contribution in [1.82, 2.24) is 10.2 Å². The van der Waals surface area contributed by atoms with Gasteiger partial charge in [0.05, 0.1) is 6.61 Å². The highest BCUT2D eigenvalue weighted by atomic mass is 16.5. The maximum atomic E-state index is 5.40. The second-order valence-electron chi connectivity index (χ2n) is 5.13. The Kier molecular flexibility index (Phi) is 4.35. The Morgan fingerprint density at radius 1 is 1.50 bits per heavy atom. The number of rotatable bonds is 5. The molecule has 1 unspecified atom stereocenters. The molecule has 14 heavy (non-hydrogen) atoms. The van der Waals surface area contributed by atoms with E-state index in [0.717, 1.165) is 26.3 Å². The molecule has 0 aliphatic carbocycles. The quantitative estimate of drug-likeness (QED) is 0.715. The van der Waals surface area contributed by atoms with Crippen molar-refractivity contribution in [3.63, 3.8) is 0 Å². The van der Waals surface area contributed by atoms with Gasteiger partial charge in [-0.2, -0.15) is 0 Å². The fourth-order valence-electron chi connectivity index (χ4n) is 2.21. The van der Waals surface area contributed by atoms with Gasteiger partial charge >= 0.3 is 0 Å². The lowest BCUT2D eigenvalue weighted by Gasteiger charge is -2.33. The average Bonchev–Trinajstić information content (AvgIpc) is 2.53. The van der Waals surface area contributed by atoms with E-state index in [-0.39, 0.29) is 0 Å². The molecular formula is C11H24N2O. The summed E-state index contributed by atoms with van der Waals surface area (Å²) in [7, 11) is 4.22. The highest BCUT2D eigenvalue weighted by Crippen LogP contribution is 2.19. The van der Waals surface area contributed by atoms with Gasteiger partial charge in [0.15, 0.2) is 0 Å². The average molecular weight is 200 g/mol. The Hall–Kier alpha value is -0.120. The summed E-state index contributed by atoms with van der Waals surface area (Å²) in [6.07, 6.45) is 1.19. The Morgan fingerprint density at radius 2 is 2.21 bits per heavy atom. The largest absolute Gasteiger partial charge is 0.380 e. The van der Waals surface area contributed by atoms with E-state index >= 15 is 0 Å². The van der Waals surface area contributed by atoms with Gasteiger partial charge in [0.1, 0.15) is 0 Å². The predicted molar refractivity (Wildman–Crippen MR) is 59.6 cm³/mol. The zero-order valence-electron chi connectivity index (χ0n) is 9.97. The van der Waals surface area contributed by atoms with E-state index in [1.807, 2.05) is 7.05 Å². The second kappa shape index (κ2) is 5.10. The van der Waals surface area contributed by atoms with Gasteiger partial charge in [-0.15, -0.1) is 0 Å². The fraction of sp³-hybridized carbons (Fsp3) is 1.00. The molecule has 0 aromatic carbocycles. The summed E-state index contributed by atoms with van der Waals surface area (Å²) in [5, 5.41) is 3.25. The number of nitrogens with one attached hydrogen (secondary N) is 1. The minimum absolute atomic E-state index is 0.339. The van der Waals surface area contributed by atoms with E-state index < -0.39 is 0 Å². The summed E-state index contributed by atoms with van der Waals surface area (Å²) < 4.78 is 5.40. The Labute approximate surface area is 87.8 Å². The monoisotopic (exact) mass is 200 g/mol. The van der Waals surface area contributed by atoms with Gasteiger partial charge in [-0.3, -0.25) is 0 Å². The Bertz CT molecular complexity index is 165. The van der Waals surface area contributed by atoms with Crippen molar-refractivity contribution >= 4 is 0 Å². The van der Waals surface area contributed by atoms with E-state index in [4.69, 9.17) is 4.74 Å². The fourth-order valence-corrected chi connectivity index (χ4v) is 2.21.